The second-order valence-corrected chi connectivity index (χ2v) is 7.53. The van der Waals surface area contributed by atoms with Crippen LogP contribution >= 0.6 is 0 Å². The summed E-state index contributed by atoms with van der Waals surface area (Å²) in [5, 5.41) is 4.43. The Labute approximate surface area is 170 Å². The topological polar surface area (TPSA) is 76.8 Å². The van der Waals surface area contributed by atoms with Crippen molar-refractivity contribution in [2.75, 3.05) is 13.1 Å². The van der Waals surface area contributed by atoms with Gasteiger partial charge in [0.1, 0.15) is 5.82 Å². The molecule has 7 nitrogen and oxygen atoms in total. The number of aromatic nitrogens is 5. The van der Waals surface area contributed by atoms with Crippen LogP contribution in [-0.2, 0) is 6.54 Å². The van der Waals surface area contributed by atoms with E-state index < -0.39 is 0 Å². The summed E-state index contributed by atoms with van der Waals surface area (Å²) in [7, 11) is 0. The van der Waals surface area contributed by atoms with Crippen LogP contribution in [0.3, 0.4) is 0 Å². The van der Waals surface area contributed by atoms with Crippen LogP contribution in [-0.4, -0.2) is 48.6 Å². The Morgan fingerprint density at radius 3 is 2.76 bits per heavy atom. The number of hydrogen-bond donors (Lipinski definition) is 0. The van der Waals surface area contributed by atoms with E-state index in [2.05, 4.69) is 15.1 Å². The Kier molecular flexibility index (Phi) is 5.38. The molecule has 0 aliphatic carbocycles. The summed E-state index contributed by atoms with van der Waals surface area (Å²) in [5.41, 5.74) is 4.57. The normalized spacial score (nSPS) is 16.8. The molecule has 1 amide bonds. The van der Waals surface area contributed by atoms with Crippen LogP contribution in [0.15, 0.2) is 36.9 Å². The van der Waals surface area contributed by atoms with Gasteiger partial charge in [0, 0.05) is 55.9 Å². The molecule has 1 atom stereocenters. The molecular weight excluding hydrogens is 364 g/mol. The Balaban J connectivity index is 1.63. The van der Waals surface area contributed by atoms with Gasteiger partial charge in [0.25, 0.3) is 5.91 Å². The van der Waals surface area contributed by atoms with Gasteiger partial charge in [-0.25, -0.2) is 9.97 Å². The van der Waals surface area contributed by atoms with Crippen molar-refractivity contribution >= 4 is 5.91 Å². The molecule has 0 bridgehead atoms. The third-order valence-electron chi connectivity index (χ3n) is 5.53. The molecule has 29 heavy (non-hydrogen) atoms. The summed E-state index contributed by atoms with van der Waals surface area (Å²) in [6.45, 7) is 8.01. The van der Waals surface area contributed by atoms with Crippen molar-refractivity contribution in [2.24, 2.45) is 0 Å². The second kappa shape index (κ2) is 8.11. The molecule has 150 valence electrons. The number of aryl methyl sites for hydroxylation is 3. The molecule has 3 aromatic heterocycles. The van der Waals surface area contributed by atoms with E-state index in [0.717, 1.165) is 54.3 Å². The lowest BCUT2D eigenvalue weighted by atomic mass is 9.90. The largest absolute Gasteiger partial charge is 0.338 e. The average molecular weight is 390 g/mol. The highest BCUT2D eigenvalue weighted by Gasteiger charge is 2.29. The standard InChI is InChI=1S/C22H26N6O/c1-4-28-14-20(15(2)26-28)22(29)27-11-5-6-18(13-27)21-19(12-24-16(3)25-21)17-7-9-23-10-8-17/h7-10,12,14,18H,4-6,11,13H2,1-3H3/t18-/m1/s1. The first-order chi connectivity index (χ1) is 14.1. The van der Waals surface area contributed by atoms with Gasteiger partial charge in [0.05, 0.1) is 17.0 Å². The van der Waals surface area contributed by atoms with Crippen LogP contribution < -0.4 is 0 Å². The molecule has 4 heterocycles. The van der Waals surface area contributed by atoms with Crippen LogP contribution in [0.5, 0.6) is 0 Å². The minimum absolute atomic E-state index is 0.0585. The highest BCUT2D eigenvalue weighted by atomic mass is 16.2. The minimum atomic E-state index is 0.0585. The van der Waals surface area contributed by atoms with Gasteiger partial charge in [-0.15, -0.1) is 0 Å². The number of likely N-dealkylation sites (tertiary alicyclic amines) is 1. The third-order valence-corrected chi connectivity index (χ3v) is 5.53. The molecule has 7 heteroatoms. The molecular formula is C22H26N6O. The fourth-order valence-electron chi connectivity index (χ4n) is 4.00. The zero-order valence-electron chi connectivity index (χ0n) is 17.2. The first-order valence-electron chi connectivity index (χ1n) is 10.1. The molecule has 0 N–H and O–H groups in total. The van der Waals surface area contributed by atoms with Crippen molar-refractivity contribution in [3.63, 3.8) is 0 Å². The number of carbonyl (C=O) groups excluding carboxylic acids is 1. The van der Waals surface area contributed by atoms with Gasteiger partial charge >= 0.3 is 0 Å². The first-order valence-corrected chi connectivity index (χ1v) is 10.1. The van der Waals surface area contributed by atoms with E-state index in [1.165, 1.54) is 0 Å². The Morgan fingerprint density at radius 1 is 1.24 bits per heavy atom. The molecule has 0 spiro atoms. The molecule has 1 fully saturated rings. The maximum Gasteiger partial charge on any atom is 0.257 e. The third kappa shape index (κ3) is 3.90. The van der Waals surface area contributed by atoms with Crippen LogP contribution in [0.2, 0.25) is 0 Å². The molecule has 0 aromatic carbocycles. The summed E-state index contributed by atoms with van der Waals surface area (Å²) >= 11 is 0. The van der Waals surface area contributed by atoms with Crippen LogP contribution in [0.4, 0.5) is 0 Å². The van der Waals surface area contributed by atoms with Crippen molar-refractivity contribution in [3.05, 3.63) is 59.7 Å². The molecule has 0 saturated carbocycles. The molecule has 0 unspecified atom stereocenters. The Morgan fingerprint density at radius 2 is 2.03 bits per heavy atom. The van der Waals surface area contributed by atoms with Gasteiger partial charge in [0.2, 0.25) is 0 Å². The molecule has 1 aliphatic heterocycles. The monoisotopic (exact) mass is 390 g/mol. The predicted octanol–water partition coefficient (Wildman–Crippen LogP) is 3.39. The molecule has 4 rings (SSSR count). The molecule has 0 radical (unpaired) electrons. The van der Waals surface area contributed by atoms with E-state index in [4.69, 9.17) is 4.98 Å². The van der Waals surface area contributed by atoms with Gasteiger partial charge in [-0.05, 0) is 51.3 Å². The number of carbonyl (C=O) groups is 1. The summed E-state index contributed by atoms with van der Waals surface area (Å²) in [6.07, 6.45) is 9.27. The van der Waals surface area contributed by atoms with Crippen molar-refractivity contribution in [1.29, 1.82) is 0 Å². The highest BCUT2D eigenvalue weighted by Crippen LogP contribution is 2.33. The zero-order chi connectivity index (χ0) is 20.4. The van der Waals surface area contributed by atoms with Crippen molar-refractivity contribution < 1.29 is 4.79 Å². The van der Waals surface area contributed by atoms with E-state index in [9.17, 15) is 4.79 Å². The lowest BCUT2D eigenvalue weighted by molar-refractivity contribution is 0.0705. The zero-order valence-corrected chi connectivity index (χ0v) is 17.2. The summed E-state index contributed by atoms with van der Waals surface area (Å²) in [6, 6.07) is 3.96. The minimum Gasteiger partial charge on any atom is -0.338 e. The maximum absolute atomic E-state index is 13.2. The Hall–Kier alpha value is -3.09. The second-order valence-electron chi connectivity index (χ2n) is 7.53. The lowest BCUT2D eigenvalue weighted by Gasteiger charge is -2.33. The Bertz CT molecular complexity index is 1010. The number of nitrogens with zero attached hydrogens (tertiary/aromatic N) is 6. The van der Waals surface area contributed by atoms with Crippen LogP contribution in [0, 0.1) is 13.8 Å². The van der Waals surface area contributed by atoms with Gasteiger partial charge in [0.15, 0.2) is 0 Å². The maximum atomic E-state index is 13.2. The number of pyridine rings is 1. The molecule has 1 saturated heterocycles. The van der Waals surface area contributed by atoms with E-state index in [1.54, 1.807) is 12.4 Å². The number of piperidine rings is 1. The average Bonchev–Trinajstić information content (AvgIpc) is 3.14. The van der Waals surface area contributed by atoms with Gasteiger partial charge in [-0.3, -0.25) is 14.5 Å². The number of amides is 1. The van der Waals surface area contributed by atoms with Crippen molar-refractivity contribution in [2.45, 2.75) is 46.1 Å². The van der Waals surface area contributed by atoms with Crippen LogP contribution in [0.1, 0.15) is 53.3 Å². The first kappa shape index (κ1) is 19.2. The van der Waals surface area contributed by atoms with Gasteiger partial charge in [-0.1, -0.05) is 0 Å². The fourth-order valence-corrected chi connectivity index (χ4v) is 4.00. The predicted molar refractivity (Wildman–Crippen MR) is 111 cm³/mol. The number of rotatable bonds is 4. The lowest BCUT2D eigenvalue weighted by Crippen LogP contribution is -2.39. The molecule has 1 aliphatic rings. The van der Waals surface area contributed by atoms with E-state index in [1.807, 2.05) is 54.9 Å². The highest BCUT2D eigenvalue weighted by molar-refractivity contribution is 5.95. The van der Waals surface area contributed by atoms with Crippen molar-refractivity contribution in [1.82, 2.24) is 29.6 Å². The van der Waals surface area contributed by atoms with Crippen molar-refractivity contribution in [3.8, 4) is 11.1 Å². The summed E-state index contributed by atoms with van der Waals surface area (Å²) in [4.78, 5) is 28.4. The number of hydrogen-bond acceptors (Lipinski definition) is 5. The summed E-state index contributed by atoms with van der Waals surface area (Å²) < 4.78 is 1.82. The van der Waals surface area contributed by atoms with E-state index >= 15 is 0 Å². The van der Waals surface area contributed by atoms with Gasteiger partial charge < -0.3 is 4.90 Å². The van der Waals surface area contributed by atoms with Crippen LogP contribution in [0.25, 0.3) is 11.1 Å². The SMILES string of the molecule is CCn1cc(C(=O)N2CCC[C@@H](c3nc(C)ncc3-c3ccncc3)C2)c(C)n1. The molecule has 3 aromatic rings. The fraction of sp³-hybridized carbons (Fsp3) is 0.409. The van der Waals surface area contributed by atoms with Gasteiger partial charge in [-0.2, -0.15) is 5.10 Å². The van der Waals surface area contributed by atoms with E-state index in [-0.39, 0.29) is 11.8 Å². The smallest absolute Gasteiger partial charge is 0.257 e. The van der Waals surface area contributed by atoms with E-state index in [0.29, 0.717) is 12.1 Å². The quantitative estimate of drug-likeness (QED) is 0.682. The summed E-state index contributed by atoms with van der Waals surface area (Å²) in [5.74, 6) is 0.989.